The molecule has 0 bridgehead atoms. The molecular weight excluding hydrogens is 369 g/mol. The molecule has 3 rings (SSSR count). The smallest absolute Gasteiger partial charge is 0.416 e. The van der Waals surface area contributed by atoms with Crippen LogP contribution in [0.3, 0.4) is 0 Å². The van der Waals surface area contributed by atoms with Gasteiger partial charge in [0.15, 0.2) is 0 Å². The van der Waals surface area contributed by atoms with Gasteiger partial charge in [0.1, 0.15) is 5.75 Å². The van der Waals surface area contributed by atoms with E-state index in [0.717, 1.165) is 17.4 Å². The first-order valence-electron chi connectivity index (χ1n) is 9.27. The van der Waals surface area contributed by atoms with E-state index in [2.05, 4.69) is 5.32 Å². The van der Waals surface area contributed by atoms with Crippen LogP contribution in [0.2, 0.25) is 0 Å². The summed E-state index contributed by atoms with van der Waals surface area (Å²) in [7, 11) is 1.63. The van der Waals surface area contributed by atoms with Crippen LogP contribution >= 0.6 is 0 Å². The van der Waals surface area contributed by atoms with Gasteiger partial charge in [0, 0.05) is 24.8 Å². The van der Waals surface area contributed by atoms with Crippen molar-refractivity contribution in [1.29, 1.82) is 0 Å². The van der Waals surface area contributed by atoms with Crippen LogP contribution in [0.15, 0.2) is 48.5 Å². The predicted molar refractivity (Wildman–Crippen MR) is 103 cm³/mol. The van der Waals surface area contributed by atoms with Crippen LogP contribution in [-0.2, 0) is 10.9 Å². The van der Waals surface area contributed by atoms with Crippen molar-refractivity contribution >= 4 is 5.69 Å². The number of alkyl halides is 3. The first kappa shape index (κ1) is 20.5. The molecule has 0 spiro atoms. The van der Waals surface area contributed by atoms with Gasteiger partial charge in [-0.2, -0.15) is 13.2 Å². The van der Waals surface area contributed by atoms with Crippen molar-refractivity contribution in [2.24, 2.45) is 0 Å². The lowest BCUT2D eigenvalue weighted by molar-refractivity contribution is -0.137. The van der Waals surface area contributed by atoms with Crippen molar-refractivity contribution in [3.05, 3.63) is 59.7 Å². The van der Waals surface area contributed by atoms with Gasteiger partial charge in [-0.05, 0) is 42.8 Å². The maximum Gasteiger partial charge on any atom is 0.416 e. The largest absolute Gasteiger partial charge is 0.497 e. The van der Waals surface area contributed by atoms with Gasteiger partial charge >= 0.3 is 6.18 Å². The Hall–Kier alpha value is -2.25. The lowest BCUT2D eigenvalue weighted by Crippen LogP contribution is -2.51. The maximum atomic E-state index is 13.1. The Balaban J connectivity index is 1.70. The van der Waals surface area contributed by atoms with E-state index < -0.39 is 11.7 Å². The highest BCUT2D eigenvalue weighted by Gasteiger charge is 2.32. The number of anilines is 1. The van der Waals surface area contributed by atoms with E-state index in [4.69, 9.17) is 9.47 Å². The van der Waals surface area contributed by atoms with Crippen molar-refractivity contribution in [1.82, 2.24) is 5.32 Å². The number of rotatable bonds is 6. The monoisotopic (exact) mass is 394 g/mol. The fraction of sp³-hybridized carbons (Fsp3) is 0.429. The van der Waals surface area contributed by atoms with Crippen molar-refractivity contribution in [2.75, 3.05) is 38.3 Å². The molecule has 1 fully saturated rings. The van der Waals surface area contributed by atoms with E-state index in [1.807, 2.05) is 36.1 Å². The number of halogens is 3. The average molecular weight is 394 g/mol. The molecule has 1 aliphatic heterocycles. The standard InChI is InChI=1S/C21H25F3N2O2/c1-15(16-5-3-8-20(11-16)27-2)25-13-19-14-28-10-9-26(19)18-7-4-6-17(12-18)21(22,23)24/h3-8,11-12,15,19,25H,9-10,13-14H2,1-2H3/t15-,19?/m1/s1. The molecule has 1 heterocycles. The summed E-state index contributed by atoms with van der Waals surface area (Å²) in [6, 6.07) is 13.3. The number of methoxy groups -OCH3 is 1. The predicted octanol–water partition coefficient (Wildman–Crippen LogP) is 4.27. The van der Waals surface area contributed by atoms with Gasteiger partial charge in [-0.25, -0.2) is 0 Å². The summed E-state index contributed by atoms with van der Waals surface area (Å²) in [5.74, 6) is 0.790. The zero-order valence-electron chi connectivity index (χ0n) is 16.0. The summed E-state index contributed by atoms with van der Waals surface area (Å²) in [6.07, 6.45) is -4.35. The van der Waals surface area contributed by atoms with Gasteiger partial charge in [-0.15, -0.1) is 0 Å². The third kappa shape index (κ3) is 4.97. The minimum Gasteiger partial charge on any atom is -0.497 e. The fourth-order valence-electron chi connectivity index (χ4n) is 3.37. The molecule has 7 heteroatoms. The van der Waals surface area contributed by atoms with Crippen molar-refractivity contribution in [2.45, 2.75) is 25.2 Å². The molecule has 1 saturated heterocycles. The molecule has 152 valence electrons. The highest BCUT2D eigenvalue weighted by molar-refractivity contribution is 5.50. The lowest BCUT2D eigenvalue weighted by Gasteiger charge is -2.38. The van der Waals surface area contributed by atoms with Gasteiger partial charge < -0.3 is 19.7 Å². The topological polar surface area (TPSA) is 33.7 Å². The van der Waals surface area contributed by atoms with Gasteiger partial charge in [0.25, 0.3) is 0 Å². The fourth-order valence-corrected chi connectivity index (χ4v) is 3.37. The Kier molecular flexibility index (Phi) is 6.46. The second-order valence-electron chi connectivity index (χ2n) is 6.88. The Morgan fingerprint density at radius 2 is 2.00 bits per heavy atom. The second-order valence-corrected chi connectivity index (χ2v) is 6.88. The normalized spacial score (nSPS) is 18.8. The van der Waals surface area contributed by atoms with E-state index in [0.29, 0.717) is 32.0 Å². The third-order valence-electron chi connectivity index (χ3n) is 4.99. The van der Waals surface area contributed by atoms with Crippen LogP contribution in [0.5, 0.6) is 5.75 Å². The quantitative estimate of drug-likeness (QED) is 0.793. The van der Waals surface area contributed by atoms with E-state index in [1.54, 1.807) is 13.2 Å². The SMILES string of the molecule is COc1cccc([C@@H](C)NCC2COCCN2c2cccc(C(F)(F)F)c2)c1. The molecule has 2 atom stereocenters. The van der Waals surface area contributed by atoms with Crippen molar-refractivity contribution < 1.29 is 22.6 Å². The molecule has 0 aromatic heterocycles. The average Bonchev–Trinajstić information content (AvgIpc) is 2.71. The molecule has 28 heavy (non-hydrogen) atoms. The van der Waals surface area contributed by atoms with E-state index in [-0.39, 0.29) is 12.1 Å². The summed E-state index contributed by atoms with van der Waals surface area (Å²) in [5, 5.41) is 3.47. The maximum absolute atomic E-state index is 13.1. The minimum absolute atomic E-state index is 0.0507. The molecule has 2 aromatic carbocycles. The van der Waals surface area contributed by atoms with Crippen LogP contribution in [0.25, 0.3) is 0 Å². The zero-order chi connectivity index (χ0) is 20.1. The van der Waals surface area contributed by atoms with Crippen molar-refractivity contribution in [3.63, 3.8) is 0 Å². The zero-order valence-corrected chi connectivity index (χ0v) is 16.0. The first-order chi connectivity index (χ1) is 13.4. The molecule has 0 radical (unpaired) electrons. The molecule has 0 aliphatic carbocycles. The molecule has 2 aromatic rings. The highest BCUT2D eigenvalue weighted by Crippen LogP contribution is 2.32. The van der Waals surface area contributed by atoms with Gasteiger partial charge in [0.05, 0.1) is 31.9 Å². The molecule has 0 amide bonds. The Bertz CT molecular complexity index is 782. The van der Waals surface area contributed by atoms with Crippen LogP contribution in [-0.4, -0.2) is 39.5 Å². The molecule has 0 saturated carbocycles. The molecule has 1 N–H and O–H groups in total. The summed E-state index contributed by atoms with van der Waals surface area (Å²) < 4.78 is 50.1. The van der Waals surface area contributed by atoms with Gasteiger partial charge in [-0.3, -0.25) is 0 Å². The summed E-state index contributed by atoms with van der Waals surface area (Å²) in [4.78, 5) is 1.99. The first-order valence-corrected chi connectivity index (χ1v) is 9.27. The summed E-state index contributed by atoms with van der Waals surface area (Å²) in [5.41, 5.74) is 1.02. The Labute approximate surface area is 163 Å². The number of morpholine rings is 1. The summed E-state index contributed by atoms with van der Waals surface area (Å²) in [6.45, 7) is 4.16. The van der Waals surface area contributed by atoms with Crippen molar-refractivity contribution in [3.8, 4) is 5.75 Å². The third-order valence-corrected chi connectivity index (χ3v) is 4.99. The number of nitrogens with zero attached hydrogens (tertiary/aromatic N) is 1. The summed E-state index contributed by atoms with van der Waals surface area (Å²) >= 11 is 0. The van der Waals surface area contributed by atoms with Crippen LogP contribution in [0.1, 0.15) is 24.1 Å². The van der Waals surface area contributed by atoms with E-state index in [9.17, 15) is 13.2 Å². The number of nitrogens with one attached hydrogen (secondary N) is 1. The van der Waals surface area contributed by atoms with Gasteiger partial charge in [0.2, 0.25) is 0 Å². The molecule has 4 nitrogen and oxygen atoms in total. The van der Waals surface area contributed by atoms with Crippen LogP contribution in [0.4, 0.5) is 18.9 Å². The van der Waals surface area contributed by atoms with Gasteiger partial charge in [-0.1, -0.05) is 18.2 Å². The number of benzene rings is 2. The molecular formula is C21H25F3N2O2. The minimum atomic E-state index is -4.35. The van der Waals surface area contributed by atoms with Crippen LogP contribution < -0.4 is 15.0 Å². The Morgan fingerprint density at radius 1 is 1.21 bits per heavy atom. The number of hydrogen-bond acceptors (Lipinski definition) is 4. The molecule has 1 aliphatic rings. The number of hydrogen-bond donors (Lipinski definition) is 1. The Morgan fingerprint density at radius 3 is 2.75 bits per heavy atom. The molecule has 1 unspecified atom stereocenters. The van der Waals surface area contributed by atoms with E-state index >= 15 is 0 Å². The number of ether oxygens (including phenoxy) is 2. The van der Waals surface area contributed by atoms with E-state index in [1.165, 1.54) is 12.1 Å². The highest BCUT2D eigenvalue weighted by atomic mass is 19.4. The second kappa shape index (κ2) is 8.84. The van der Waals surface area contributed by atoms with Crippen LogP contribution in [0, 0.1) is 0 Å². The lowest BCUT2D eigenvalue weighted by atomic mass is 10.1.